The van der Waals surface area contributed by atoms with Crippen LogP contribution in [0.2, 0.25) is 0 Å². The largest absolute Gasteiger partial charge is 0.492 e. The third-order valence-electron chi connectivity index (χ3n) is 2.56. The quantitative estimate of drug-likeness (QED) is 0.791. The van der Waals surface area contributed by atoms with Crippen molar-refractivity contribution in [3.63, 3.8) is 0 Å². The summed E-state index contributed by atoms with van der Waals surface area (Å²) in [7, 11) is 0. The van der Waals surface area contributed by atoms with Gasteiger partial charge in [-0.1, -0.05) is 12.1 Å². The second kappa shape index (κ2) is 7.26. The fourth-order valence-electron chi connectivity index (χ4n) is 1.62. The molecule has 2 aromatic rings. The summed E-state index contributed by atoms with van der Waals surface area (Å²) in [4.78, 5) is 11.7. The summed E-state index contributed by atoms with van der Waals surface area (Å²) in [5.41, 5.74) is 0.810. The fraction of sp³-hybridized carbons (Fsp3) is 0.133. The summed E-state index contributed by atoms with van der Waals surface area (Å²) in [6.07, 6.45) is 3.53. The Morgan fingerprint density at radius 1 is 1.40 bits per heavy atom. The van der Waals surface area contributed by atoms with Gasteiger partial charge in [0.15, 0.2) is 0 Å². The third-order valence-corrected chi connectivity index (χ3v) is 4.12. The van der Waals surface area contributed by atoms with Gasteiger partial charge in [-0.15, -0.1) is 11.3 Å². The number of aliphatic carboxylic acids is 1. The molecule has 3 nitrogen and oxygen atoms in total. The third kappa shape index (κ3) is 4.51. The number of hydrogen-bond acceptors (Lipinski definition) is 3. The molecule has 104 valence electrons. The van der Waals surface area contributed by atoms with Crippen LogP contribution in [0.5, 0.6) is 5.75 Å². The van der Waals surface area contributed by atoms with E-state index in [2.05, 4.69) is 27.4 Å². The van der Waals surface area contributed by atoms with Crippen molar-refractivity contribution >= 4 is 39.3 Å². The molecule has 1 N–H and O–H groups in total. The summed E-state index contributed by atoms with van der Waals surface area (Å²) < 4.78 is 6.53. The number of carbonyl (C=O) groups is 1. The number of rotatable bonds is 6. The Morgan fingerprint density at radius 3 is 2.90 bits per heavy atom. The Hall–Kier alpha value is -1.59. The molecule has 1 heterocycles. The molecule has 0 aliphatic rings. The predicted molar refractivity (Wildman–Crippen MR) is 84.3 cm³/mol. The van der Waals surface area contributed by atoms with Crippen molar-refractivity contribution < 1.29 is 14.6 Å². The van der Waals surface area contributed by atoms with Crippen molar-refractivity contribution in [2.75, 3.05) is 6.61 Å². The minimum absolute atomic E-state index is 0.615. The first-order valence-electron chi connectivity index (χ1n) is 6.01. The Balaban J connectivity index is 1.93. The monoisotopic (exact) mass is 352 g/mol. The minimum atomic E-state index is -0.961. The maximum absolute atomic E-state index is 10.5. The van der Waals surface area contributed by atoms with Gasteiger partial charge in [0.1, 0.15) is 5.75 Å². The van der Waals surface area contributed by atoms with Gasteiger partial charge in [0, 0.05) is 17.4 Å². The minimum Gasteiger partial charge on any atom is -0.492 e. The first-order valence-corrected chi connectivity index (χ1v) is 7.68. The van der Waals surface area contributed by atoms with Crippen LogP contribution < -0.4 is 4.74 Å². The highest BCUT2D eigenvalue weighted by Gasteiger charge is 2.02. The highest BCUT2D eigenvalue weighted by Crippen LogP contribution is 2.26. The van der Waals surface area contributed by atoms with Gasteiger partial charge in [0.25, 0.3) is 0 Å². The van der Waals surface area contributed by atoms with Crippen LogP contribution in [-0.2, 0) is 11.2 Å². The van der Waals surface area contributed by atoms with Crippen molar-refractivity contribution in [1.29, 1.82) is 0 Å². The molecule has 5 heteroatoms. The van der Waals surface area contributed by atoms with Crippen LogP contribution in [0.1, 0.15) is 10.4 Å². The average Bonchev–Trinajstić information content (AvgIpc) is 2.92. The number of halogens is 1. The molecular weight excluding hydrogens is 340 g/mol. The van der Waals surface area contributed by atoms with Gasteiger partial charge in [-0.25, -0.2) is 4.79 Å². The number of benzene rings is 1. The molecule has 0 spiro atoms. The zero-order valence-corrected chi connectivity index (χ0v) is 13.0. The van der Waals surface area contributed by atoms with Gasteiger partial charge in [-0.2, -0.15) is 0 Å². The standard InChI is InChI=1S/C15H13BrO3S/c16-13-10-11(4-6-15(17)18)3-5-14(13)19-8-7-12-2-1-9-20-12/h1-6,9-10H,7-8H2,(H,17,18). The van der Waals surface area contributed by atoms with Crippen LogP contribution >= 0.6 is 27.3 Å². The Labute approximate surface area is 129 Å². The molecule has 0 amide bonds. The maximum atomic E-state index is 10.5. The van der Waals surface area contributed by atoms with Crippen molar-refractivity contribution in [3.05, 3.63) is 56.7 Å². The normalized spacial score (nSPS) is 10.8. The van der Waals surface area contributed by atoms with E-state index in [1.165, 1.54) is 4.88 Å². The van der Waals surface area contributed by atoms with E-state index in [0.29, 0.717) is 6.61 Å². The molecule has 0 bridgehead atoms. The van der Waals surface area contributed by atoms with E-state index in [1.807, 2.05) is 24.3 Å². The Morgan fingerprint density at radius 2 is 2.25 bits per heavy atom. The zero-order valence-electron chi connectivity index (χ0n) is 10.6. The highest BCUT2D eigenvalue weighted by molar-refractivity contribution is 9.10. The molecule has 2 rings (SSSR count). The summed E-state index contributed by atoms with van der Waals surface area (Å²) in [6, 6.07) is 9.60. The highest BCUT2D eigenvalue weighted by atomic mass is 79.9. The average molecular weight is 353 g/mol. The molecule has 0 unspecified atom stereocenters. The van der Waals surface area contributed by atoms with Gasteiger partial charge in [0.05, 0.1) is 11.1 Å². The number of ether oxygens (including phenoxy) is 1. The Bertz CT molecular complexity index is 606. The Kier molecular flexibility index (Phi) is 5.38. The van der Waals surface area contributed by atoms with Gasteiger partial charge in [-0.05, 0) is 51.1 Å². The molecule has 1 aromatic carbocycles. The topological polar surface area (TPSA) is 46.5 Å². The number of carboxylic acids is 1. The first-order chi connectivity index (χ1) is 9.65. The second-order valence-electron chi connectivity index (χ2n) is 4.04. The van der Waals surface area contributed by atoms with Gasteiger partial charge in [-0.3, -0.25) is 0 Å². The van der Waals surface area contributed by atoms with E-state index in [1.54, 1.807) is 17.4 Å². The van der Waals surface area contributed by atoms with E-state index >= 15 is 0 Å². The number of thiophene rings is 1. The van der Waals surface area contributed by atoms with Crippen molar-refractivity contribution in [1.82, 2.24) is 0 Å². The molecule has 0 saturated carbocycles. The number of hydrogen-bond donors (Lipinski definition) is 1. The van der Waals surface area contributed by atoms with Gasteiger partial charge < -0.3 is 9.84 Å². The molecule has 20 heavy (non-hydrogen) atoms. The molecule has 0 aliphatic heterocycles. The molecule has 0 fully saturated rings. The lowest BCUT2D eigenvalue weighted by Gasteiger charge is -2.08. The molecule has 0 radical (unpaired) electrons. The van der Waals surface area contributed by atoms with Crippen LogP contribution in [0, 0.1) is 0 Å². The second-order valence-corrected chi connectivity index (χ2v) is 5.93. The SMILES string of the molecule is O=C(O)C=Cc1ccc(OCCc2cccs2)c(Br)c1. The molecule has 1 aromatic heterocycles. The predicted octanol–water partition coefficient (Wildman–Crippen LogP) is 4.23. The zero-order chi connectivity index (χ0) is 14.4. The van der Waals surface area contributed by atoms with Crippen LogP contribution in [0.4, 0.5) is 0 Å². The lowest BCUT2D eigenvalue weighted by Crippen LogP contribution is -2.00. The summed E-state index contributed by atoms with van der Waals surface area (Å²) in [6.45, 7) is 0.615. The van der Waals surface area contributed by atoms with Crippen LogP contribution in [0.15, 0.2) is 46.3 Å². The van der Waals surface area contributed by atoms with Crippen LogP contribution in [0.3, 0.4) is 0 Å². The van der Waals surface area contributed by atoms with Crippen LogP contribution in [0.25, 0.3) is 6.08 Å². The van der Waals surface area contributed by atoms with E-state index in [4.69, 9.17) is 9.84 Å². The van der Waals surface area contributed by atoms with E-state index in [0.717, 1.165) is 28.3 Å². The lowest BCUT2D eigenvalue weighted by molar-refractivity contribution is -0.131. The van der Waals surface area contributed by atoms with Gasteiger partial charge >= 0.3 is 5.97 Å². The van der Waals surface area contributed by atoms with E-state index in [-0.39, 0.29) is 0 Å². The molecular formula is C15H13BrO3S. The van der Waals surface area contributed by atoms with Gasteiger partial charge in [0.2, 0.25) is 0 Å². The van der Waals surface area contributed by atoms with Crippen molar-refractivity contribution in [2.24, 2.45) is 0 Å². The maximum Gasteiger partial charge on any atom is 0.328 e. The van der Waals surface area contributed by atoms with Crippen LogP contribution in [-0.4, -0.2) is 17.7 Å². The summed E-state index contributed by atoms with van der Waals surface area (Å²) in [5, 5.41) is 10.6. The smallest absolute Gasteiger partial charge is 0.328 e. The first kappa shape index (κ1) is 14.8. The van der Waals surface area contributed by atoms with E-state index in [9.17, 15) is 4.79 Å². The fourth-order valence-corrected chi connectivity index (χ4v) is 2.82. The molecule has 0 saturated heterocycles. The van der Waals surface area contributed by atoms with Crippen molar-refractivity contribution in [2.45, 2.75) is 6.42 Å². The van der Waals surface area contributed by atoms with E-state index < -0.39 is 5.97 Å². The lowest BCUT2D eigenvalue weighted by atomic mass is 10.2. The number of carboxylic acid groups (broad SMARTS) is 1. The van der Waals surface area contributed by atoms with Crippen molar-refractivity contribution in [3.8, 4) is 5.75 Å². The summed E-state index contributed by atoms with van der Waals surface area (Å²) >= 11 is 5.15. The molecule has 0 atom stereocenters. The molecule has 0 aliphatic carbocycles. The summed E-state index contributed by atoms with van der Waals surface area (Å²) in [5.74, 6) is -0.202.